The fraction of sp³-hybridized carbons (Fsp3) is 0.471. The lowest BCUT2D eigenvalue weighted by Gasteiger charge is -2.25. The molecule has 0 N–H and O–H groups in total. The molecule has 0 bridgehead atoms. The zero-order chi connectivity index (χ0) is 18.2. The van der Waals surface area contributed by atoms with E-state index in [-0.39, 0.29) is 10.9 Å². The second-order valence-corrected chi connectivity index (χ2v) is 7.86. The lowest BCUT2D eigenvalue weighted by atomic mass is 10.0. The molecular formula is C17H22N2O5S. The Kier molecular flexibility index (Phi) is 4.75. The first-order valence-electron chi connectivity index (χ1n) is 8.06. The molecule has 0 amide bonds. The molecule has 25 heavy (non-hydrogen) atoms. The Labute approximate surface area is 147 Å². The van der Waals surface area contributed by atoms with Gasteiger partial charge in [0.25, 0.3) is 0 Å². The Balaban J connectivity index is 2.07. The normalized spacial score (nSPS) is 18.5. The lowest BCUT2D eigenvalue weighted by molar-refractivity contribution is 0.360. The van der Waals surface area contributed by atoms with Crippen LogP contribution in [0.15, 0.2) is 27.6 Å². The number of sulfonamides is 1. The van der Waals surface area contributed by atoms with Crippen molar-refractivity contribution in [2.45, 2.75) is 37.6 Å². The molecule has 1 aromatic heterocycles. The van der Waals surface area contributed by atoms with E-state index in [1.165, 1.54) is 4.31 Å². The highest BCUT2D eigenvalue weighted by atomic mass is 32.2. The summed E-state index contributed by atoms with van der Waals surface area (Å²) in [6, 6.07) is 5.12. The maximum Gasteiger partial charge on any atom is 0.249 e. The van der Waals surface area contributed by atoms with Crippen molar-refractivity contribution in [2.24, 2.45) is 0 Å². The SMILES string of the molecule is COc1ccc(OC)c(C2CCCN2S(=O)(=O)c2c(C)noc2C)c1. The molecule has 1 unspecified atom stereocenters. The number of ether oxygens (including phenoxy) is 2. The summed E-state index contributed by atoms with van der Waals surface area (Å²) < 4.78 is 43.8. The van der Waals surface area contributed by atoms with Gasteiger partial charge in [-0.05, 0) is 44.9 Å². The Hall–Kier alpha value is -2.06. The summed E-state index contributed by atoms with van der Waals surface area (Å²) in [6.45, 7) is 3.70. The van der Waals surface area contributed by atoms with Gasteiger partial charge < -0.3 is 14.0 Å². The molecule has 1 fully saturated rings. The average Bonchev–Trinajstić information content (AvgIpc) is 3.21. The fourth-order valence-corrected chi connectivity index (χ4v) is 5.37. The lowest BCUT2D eigenvalue weighted by Crippen LogP contribution is -2.31. The van der Waals surface area contributed by atoms with Crippen LogP contribution in [-0.4, -0.2) is 38.6 Å². The van der Waals surface area contributed by atoms with Crippen LogP contribution in [0, 0.1) is 13.8 Å². The monoisotopic (exact) mass is 366 g/mol. The third kappa shape index (κ3) is 3.00. The predicted octanol–water partition coefficient (Wildman–Crippen LogP) is 2.83. The molecule has 3 rings (SSSR count). The van der Waals surface area contributed by atoms with Gasteiger partial charge in [0.2, 0.25) is 10.0 Å². The van der Waals surface area contributed by atoms with Crippen molar-refractivity contribution in [2.75, 3.05) is 20.8 Å². The molecule has 136 valence electrons. The van der Waals surface area contributed by atoms with Gasteiger partial charge in [-0.2, -0.15) is 4.31 Å². The number of hydrogen-bond donors (Lipinski definition) is 0. The molecule has 2 aromatic rings. The molecular weight excluding hydrogens is 344 g/mol. The summed E-state index contributed by atoms with van der Waals surface area (Å²) in [5, 5.41) is 3.79. The first-order valence-corrected chi connectivity index (χ1v) is 9.50. The summed E-state index contributed by atoms with van der Waals surface area (Å²) in [4.78, 5) is 0.154. The van der Waals surface area contributed by atoms with Crippen LogP contribution in [0.3, 0.4) is 0 Å². The van der Waals surface area contributed by atoms with Gasteiger partial charge in [-0.15, -0.1) is 0 Å². The van der Waals surface area contributed by atoms with Crippen LogP contribution < -0.4 is 9.47 Å². The summed E-state index contributed by atoms with van der Waals surface area (Å²) in [7, 11) is -0.559. The van der Waals surface area contributed by atoms with E-state index in [4.69, 9.17) is 14.0 Å². The van der Waals surface area contributed by atoms with Gasteiger partial charge in [0.1, 0.15) is 22.1 Å². The van der Waals surface area contributed by atoms with Crippen molar-refractivity contribution in [1.82, 2.24) is 9.46 Å². The molecule has 0 aliphatic carbocycles. The molecule has 1 atom stereocenters. The zero-order valence-electron chi connectivity index (χ0n) is 14.8. The molecule has 0 radical (unpaired) electrons. The van der Waals surface area contributed by atoms with Crippen LogP contribution in [0.5, 0.6) is 11.5 Å². The molecule has 8 heteroatoms. The minimum absolute atomic E-state index is 0.154. The first-order chi connectivity index (χ1) is 11.9. The van der Waals surface area contributed by atoms with Crippen LogP contribution in [0.2, 0.25) is 0 Å². The number of aryl methyl sites for hydroxylation is 2. The van der Waals surface area contributed by atoms with E-state index in [2.05, 4.69) is 5.16 Å². The highest BCUT2D eigenvalue weighted by molar-refractivity contribution is 7.89. The summed E-state index contributed by atoms with van der Waals surface area (Å²) >= 11 is 0. The number of rotatable bonds is 5. The third-order valence-corrected chi connectivity index (χ3v) is 6.69. The molecule has 1 aromatic carbocycles. The van der Waals surface area contributed by atoms with Crippen molar-refractivity contribution < 1.29 is 22.4 Å². The van der Waals surface area contributed by atoms with Gasteiger partial charge >= 0.3 is 0 Å². The van der Waals surface area contributed by atoms with Gasteiger partial charge in [-0.1, -0.05) is 5.16 Å². The summed E-state index contributed by atoms with van der Waals surface area (Å²) in [5.41, 5.74) is 1.18. The standard InChI is InChI=1S/C17H22N2O5S/c1-11-17(12(2)24-18-11)25(20,21)19-9-5-6-15(19)14-10-13(22-3)7-8-16(14)23-4/h7-8,10,15H,5-6,9H2,1-4H3. The van der Waals surface area contributed by atoms with Crippen LogP contribution in [-0.2, 0) is 10.0 Å². The van der Waals surface area contributed by atoms with Gasteiger partial charge in [0, 0.05) is 12.1 Å². The highest BCUT2D eigenvalue weighted by Crippen LogP contribution is 2.42. The van der Waals surface area contributed by atoms with Crippen molar-refractivity contribution >= 4 is 10.0 Å². The predicted molar refractivity (Wildman–Crippen MR) is 91.4 cm³/mol. The maximum absolute atomic E-state index is 13.2. The Morgan fingerprint density at radius 3 is 2.60 bits per heavy atom. The van der Waals surface area contributed by atoms with E-state index in [1.54, 1.807) is 40.2 Å². The molecule has 1 aliphatic rings. The van der Waals surface area contributed by atoms with Crippen LogP contribution in [0.25, 0.3) is 0 Å². The van der Waals surface area contributed by atoms with Crippen molar-refractivity contribution in [3.8, 4) is 11.5 Å². The van der Waals surface area contributed by atoms with E-state index in [1.807, 2.05) is 6.07 Å². The molecule has 0 spiro atoms. The first kappa shape index (κ1) is 17.8. The quantitative estimate of drug-likeness (QED) is 0.809. The Morgan fingerprint density at radius 2 is 2.00 bits per heavy atom. The van der Waals surface area contributed by atoms with Crippen LogP contribution in [0.1, 0.15) is 35.9 Å². The smallest absolute Gasteiger partial charge is 0.249 e. The number of benzene rings is 1. The van der Waals surface area contributed by atoms with E-state index in [0.717, 1.165) is 12.0 Å². The molecule has 2 heterocycles. The van der Waals surface area contributed by atoms with Crippen LogP contribution >= 0.6 is 0 Å². The Morgan fingerprint density at radius 1 is 1.24 bits per heavy atom. The number of methoxy groups -OCH3 is 2. The van der Waals surface area contributed by atoms with Gasteiger partial charge in [-0.25, -0.2) is 8.42 Å². The van der Waals surface area contributed by atoms with Gasteiger partial charge in [0.15, 0.2) is 5.76 Å². The van der Waals surface area contributed by atoms with E-state index < -0.39 is 10.0 Å². The summed E-state index contributed by atoms with van der Waals surface area (Å²) in [6.07, 6.45) is 1.49. The van der Waals surface area contributed by atoms with Crippen LogP contribution in [0.4, 0.5) is 0 Å². The maximum atomic E-state index is 13.2. The topological polar surface area (TPSA) is 81.9 Å². The van der Waals surface area contributed by atoms with Gasteiger partial charge in [-0.3, -0.25) is 0 Å². The minimum Gasteiger partial charge on any atom is -0.497 e. The number of aromatic nitrogens is 1. The highest BCUT2D eigenvalue weighted by Gasteiger charge is 2.40. The third-order valence-electron chi connectivity index (χ3n) is 4.53. The van der Waals surface area contributed by atoms with E-state index in [9.17, 15) is 8.42 Å². The van der Waals surface area contributed by atoms with Crippen molar-refractivity contribution in [3.05, 3.63) is 35.2 Å². The van der Waals surface area contributed by atoms with Crippen molar-refractivity contribution in [1.29, 1.82) is 0 Å². The van der Waals surface area contributed by atoms with E-state index >= 15 is 0 Å². The fourth-order valence-electron chi connectivity index (χ4n) is 3.40. The Bertz CT molecular complexity index is 856. The van der Waals surface area contributed by atoms with Crippen molar-refractivity contribution in [3.63, 3.8) is 0 Å². The van der Waals surface area contributed by atoms with E-state index in [0.29, 0.717) is 35.9 Å². The largest absolute Gasteiger partial charge is 0.497 e. The second-order valence-electron chi connectivity index (χ2n) is 6.03. The molecule has 7 nitrogen and oxygen atoms in total. The zero-order valence-corrected chi connectivity index (χ0v) is 15.6. The average molecular weight is 366 g/mol. The van der Waals surface area contributed by atoms with Gasteiger partial charge in [0.05, 0.1) is 20.3 Å². The minimum atomic E-state index is -3.72. The second kappa shape index (κ2) is 6.68. The molecule has 1 saturated heterocycles. The summed E-state index contributed by atoms with van der Waals surface area (Å²) in [5.74, 6) is 1.62. The molecule has 1 aliphatic heterocycles. The number of nitrogens with zero attached hydrogens (tertiary/aromatic N) is 2. The number of hydrogen-bond acceptors (Lipinski definition) is 6. The molecule has 0 saturated carbocycles.